The summed E-state index contributed by atoms with van der Waals surface area (Å²) in [5.74, 6) is 0.748. The zero-order valence-electron chi connectivity index (χ0n) is 9.68. The minimum atomic E-state index is -0.377. The van der Waals surface area contributed by atoms with Gasteiger partial charge in [-0.05, 0) is 17.7 Å². The molecular formula is C12H9BrN4OS. The van der Waals surface area contributed by atoms with E-state index in [1.807, 2.05) is 24.3 Å². The molecule has 5 nitrogen and oxygen atoms in total. The quantitative estimate of drug-likeness (QED) is 0.569. The van der Waals surface area contributed by atoms with Crippen LogP contribution in [-0.4, -0.2) is 19.9 Å². The Balaban J connectivity index is 1.87. The Labute approximate surface area is 121 Å². The number of aromatic nitrogens is 4. The molecule has 0 aliphatic rings. The molecule has 0 bridgehead atoms. The van der Waals surface area contributed by atoms with Crippen LogP contribution in [0.25, 0.3) is 11.2 Å². The number of hydrogen-bond acceptors (Lipinski definition) is 4. The van der Waals surface area contributed by atoms with E-state index in [9.17, 15) is 4.79 Å². The van der Waals surface area contributed by atoms with Crippen LogP contribution in [0.2, 0.25) is 0 Å². The third-order valence-corrected chi connectivity index (χ3v) is 4.15. The molecule has 19 heavy (non-hydrogen) atoms. The lowest BCUT2D eigenvalue weighted by Gasteiger charge is -2.02. The van der Waals surface area contributed by atoms with Crippen molar-refractivity contribution in [3.63, 3.8) is 0 Å². The van der Waals surface area contributed by atoms with Gasteiger partial charge in [-0.15, -0.1) is 0 Å². The van der Waals surface area contributed by atoms with E-state index in [-0.39, 0.29) is 5.69 Å². The zero-order chi connectivity index (χ0) is 13.2. The first-order chi connectivity index (χ1) is 9.22. The van der Waals surface area contributed by atoms with E-state index >= 15 is 0 Å². The number of thioether (sulfide) groups is 1. The van der Waals surface area contributed by atoms with Crippen molar-refractivity contribution in [2.45, 2.75) is 10.8 Å². The molecule has 0 saturated heterocycles. The molecular weight excluding hydrogens is 328 g/mol. The lowest BCUT2D eigenvalue weighted by Crippen LogP contribution is -2.10. The van der Waals surface area contributed by atoms with E-state index in [4.69, 9.17) is 0 Å². The zero-order valence-corrected chi connectivity index (χ0v) is 12.1. The van der Waals surface area contributed by atoms with Gasteiger partial charge in [0, 0.05) is 10.2 Å². The Morgan fingerprint density at radius 3 is 2.84 bits per heavy atom. The number of H-pyrrole nitrogens is 2. The second-order valence-corrected chi connectivity index (χ2v) is 5.77. The van der Waals surface area contributed by atoms with Crippen LogP contribution in [-0.2, 0) is 5.75 Å². The number of hydrogen-bond donors (Lipinski definition) is 2. The Hall–Kier alpha value is -1.60. The molecule has 0 radical (unpaired) electrons. The molecule has 1 aromatic carbocycles. The fraction of sp³-hybridized carbons (Fsp3) is 0.0833. The Kier molecular flexibility index (Phi) is 3.39. The van der Waals surface area contributed by atoms with Crippen molar-refractivity contribution >= 4 is 38.9 Å². The minimum Gasteiger partial charge on any atom is -0.341 e. The van der Waals surface area contributed by atoms with Gasteiger partial charge in [0.25, 0.3) is 0 Å². The fourth-order valence-electron chi connectivity index (χ4n) is 1.67. The van der Waals surface area contributed by atoms with Gasteiger partial charge >= 0.3 is 5.69 Å². The summed E-state index contributed by atoms with van der Waals surface area (Å²) in [7, 11) is 0. The van der Waals surface area contributed by atoms with Crippen molar-refractivity contribution in [1.29, 1.82) is 0 Å². The highest BCUT2D eigenvalue weighted by molar-refractivity contribution is 9.10. The molecule has 0 aliphatic heterocycles. The smallest absolute Gasteiger partial charge is 0.341 e. The second kappa shape index (κ2) is 5.18. The van der Waals surface area contributed by atoms with E-state index < -0.39 is 0 Å². The van der Waals surface area contributed by atoms with Crippen molar-refractivity contribution in [1.82, 2.24) is 19.9 Å². The maximum absolute atomic E-state index is 11.4. The number of nitrogens with one attached hydrogen (secondary N) is 2. The van der Waals surface area contributed by atoms with Crippen LogP contribution in [0, 0.1) is 0 Å². The molecule has 0 unspecified atom stereocenters. The van der Waals surface area contributed by atoms with Crippen LogP contribution in [0.1, 0.15) is 5.56 Å². The third kappa shape index (κ3) is 2.71. The van der Waals surface area contributed by atoms with Crippen LogP contribution in [0.3, 0.4) is 0 Å². The number of rotatable bonds is 3. The lowest BCUT2D eigenvalue weighted by atomic mass is 10.2. The molecule has 3 aromatic rings. The SMILES string of the molecule is O=c1nc(SCc2ccc(Br)cc2)c2[nH]cnc2[nH]1. The van der Waals surface area contributed by atoms with Crippen LogP contribution in [0.4, 0.5) is 0 Å². The average molecular weight is 337 g/mol. The first kappa shape index (κ1) is 12.4. The molecule has 2 N–H and O–H groups in total. The maximum Gasteiger partial charge on any atom is 0.347 e. The number of imidazole rings is 1. The summed E-state index contributed by atoms with van der Waals surface area (Å²) < 4.78 is 1.05. The Bertz CT molecular complexity index is 765. The lowest BCUT2D eigenvalue weighted by molar-refractivity contribution is 1.01. The highest BCUT2D eigenvalue weighted by atomic mass is 79.9. The Morgan fingerprint density at radius 2 is 2.05 bits per heavy atom. The van der Waals surface area contributed by atoms with Crippen LogP contribution >= 0.6 is 27.7 Å². The molecule has 96 valence electrons. The van der Waals surface area contributed by atoms with E-state index in [0.717, 1.165) is 15.7 Å². The normalized spacial score (nSPS) is 11.0. The minimum absolute atomic E-state index is 0.377. The molecule has 0 atom stereocenters. The van der Waals surface area contributed by atoms with Gasteiger partial charge in [0.1, 0.15) is 10.5 Å². The standard InChI is InChI=1S/C12H9BrN4OS/c13-8-3-1-7(2-4-8)5-19-11-9-10(15-6-14-9)16-12(18)17-11/h1-4,6H,5H2,(H2,14,15,16,17,18). The monoisotopic (exact) mass is 336 g/mol. The van der Waals surface area contributed by atoms with Gasteiger partial charge in [-0.3, -0.25) is 4.98 Å². The second-order valence-electron chi connectivity index (χ2n) is 3.89. The molecule has 2 heterocycles. The van der Waals surface area contributed by atoms with E-state index in [2.05, 4.69) is 35.9 Å². The summed E-state index contributed by atoms with van der Waals surface area (Å²) >= 11 is 4.91. The first-order valence-corrected chi connectivity index (χ1v) is 7.31. The summed E-state index contributed by atoms with van der Waals surface area (Å²) in [5.41, 5.74) is 2.10. The largest absolute Gasteiger partial charge is 0.347 e. The Morgan fingerprint density at radius 1 is 1.26 bits per heavy atom. The summed E-state index contributed by atoms with van der Waals surface area (Å²) in [5, 5.41) is 0.666. The van der Waals surface area contributed by atoms with Gasteiger partial charge < -0.3 is 4.98 Å². The number of fused-ring (bicyclic) bond motifs is 1. The summed E-state index contributed by atoms with van der Waals surface area (Å²) in [6, 6.07) is 8.06. The van der Waals surface area contributed by atoms with Crippen molar-refractivity contribution in [2.24, 2.45) is 0 Å². The van der Waals surface area contributed by atoms with Gasteiger partial charge in [0.15, 0.2) is 5.65 Å². The van der Waals surface area contributed by atoms with Gasteiger partial charge in [-0.25, -0.2) is 9.78 Å². The van der Waals surface area contributed by atoms with Crippen molar-refractivity contribution in [3.05, 3.63) is 51.1 Å². The third-order valence-electron chi connectivity index (χ3n) is 2.57. The van der Waals surface area contributed by atoms with Crippen LogP contribution in [0.5, 0.6) is 0 Å². The molecule has 3 rings (SSSR count). The summed E-state index contributed by atoms with van der Waals surface area (Å²) in [6.45, 7) is 0. The molecule has 0 spiro atoms. The van der Waals surface area contributed by atoms with Crippen LogP contribution in [0.15, 0.2) is 44.9 Å². The molecule has 0 aliphatic carbocycles. The van der Waals surface area contributed by atoms with E-state index in [0.29, 0.717) is 10.7 Å². The van der Waals surface area contributed by atoms with Gasteiger partial charge in [-0.1, -0.05) is 39.8 Å². The van der Waals surface area contributed by atoms with Gasteiger partial charge in [0.05, 0.1) is 6.33 Å². The van der Waals surface area contributed by atoms with E-state index in [1.165, 1.54) is 17.3 Å². The molecule has 0 saturated carbocycles. The summed E-state index contributed by atoms with van der Waals surface area (Å²) in [6.07, 6.45) is 1.55. The molecule has 2 aromatic heterocycles. The molecule has 7 heteroatoms. The number of halogens is 1. The number of aromatic amines is 2. The predicted molar refractivity (Wildman–Crippen MR) is 78.2 cm³/mol. The fourth-order valence-corrected chi connectivity index (χ4v) is 2.87. The number of benzene rings is 1. The van der Waals surface area contributed by atoms with Crippen LogP contribution < -0.4 is 5.69 Å². The molecule has 0 fully saturated rings. The van der Waals surface area contributed by atoms with Gasteiger partial charge in [0.2, 0.25) is 0 Å². The number of nitrogens with zero attached hydrogens (tertiary/aromatic N) is 2. The summed E-state index contributed by atoms with van der Waals surface area (Å²) in [4.78, 5) is 25.0. The van der Waals surface area contributed by atoms with Crippen molar-refractivity contribution < 1.29 is 0 Å². The highest BCUT2D eigenvalue weighted by Crippen LogP contribution is 2.25. The van der Waals surface area contributed by atoms with Crippen molar-refractivity contribution in [3.8, 4) is 0 Å². The maximum atomic E-state index is 11.4. The topological polar surface area (TPSA) is 74.4 Å². The molecule has 0 amide bonds. The van der Waals surface area contributed by atoms with Crippen molar-refractivity contribution in [2.75, 3.05) is 0 Å². The average Bonchev–Trinajstić information content (AvgIpc) is 2.85. The predicted octanol–water partition coefficient (Wildman–Crippen LogP) is 2.70. The highest BCUT2D eigenvalue weighted by Gasteiger charge is 2.08. The van der Waals surface area contributed by atoms with Gasteiger partial charge in [-0.2, -0.15) is 4.98 Å². The first-order valence-electron chi connectivity index (χ1n) is 5.53. The van der Waals surface area contributed by atoms with E-state index in [1.54, 1.807) is 6.33 Å².